The average Bonchev–Trinajstić information content (AvgIpc) is 2.46. The Morgan fingerprint density at radius 3 is 2.76 bits per heavy atom. The van der Waals surface area contributed by atoms with E-state index in [4.69, 9.17) is 4.74 Å². The summed E-state index contributed by atoms with van der Waals surface area (Å²) in [6.07, 6.45) is 1.60. The molecule has 0 spiro atoms. The van der Waals surface area contributed by atoms with Crippen molar-refractivity contribution < 1.29 is 17.9 Å². The lowest BCUT2D eigenvalue weighted by Crippen LogP contribution is -2.33. The molecule has 0 aliphatic rings. The van der Waals surface area contributed by atoms with Gasteiger partial charge in [0, 0.05) is 18.6 Å². The number of fused-ring (bicyclic) bond motifs is 1. The molecule has 0 aliphatic heterocycles. The second kappa shape index (κ2) is 6.19. The van der Waals surface area contributed by atoms with Crippen LogP contribution in [0.5, 0.6) is 0 Å². The average molecular weight is 308 g/mol. The van der Waals surface area contributed by atoms with Crippen LogP contribution in [-0.2, 0) is 19.6 Å². The number of benzene rings is 1. The Balaban J connectivity index is 2.40. The summed E-state index contributed by atoms with van der Waals surface area (Å²) in [5, 5.41) is 0.524. The smallest absolute Gasteiger partial charge is 0.321 e. The number of esters is 1. The van der Waals surface area contributed by atoms with E-state index < -0.39 is 16.0 Å². The van der Waals surface area contributed by atoms with Gasteiger partial charge in [0.25, 0.3) is 0 Å². The van der Waals surface area contributed by atoms with Gasteiger partial charge in [-0.2, -0.15) is 4.31 Å². The second-order valence-corrected chi connectivity index (χ2v) is 6.41. The second-order valence-electron chi connectivity index (χ2n) is 4.39. The van der Waals surface area contributed by atoms with E-state index in [1.54, 1.807) is 37.4 Å². The van der Waals surface area contributed by atoms with Crippen molar-refractivity contribution in [2.45, 2.75) is 11.8 Å². The number of rotatable bonds is 5. The van der Waals surface area contributed by atoms with Crippen molar-refractivity contribution in [3.8, 4) is 0 Å². The predicted octanol–water partition coefficient (Wildman–Crippen LogP) is 1.42. The summed E-state index contributed by atoms with van der Waals surface area (Å²) in [5.74, 6) is -0.582. The first-order valence-corrected chi connectivity index (χ1v) is 7.86. The van der Waals surface area contributed by atoms with Crippen LogP contribution in [0.15, 0.2) is 41.4 Å². The number of likely N-dealkylation sites (N-methyl/N-ethyl adjacent to an activating group) is 1. The van der Waals surface area contributed by atoms with Crippen LogP contribution in [0.1, 0.15) is 6.92 Å². The Morgan fingerprint density at radius 2 is 2.05 bits per heavy atom. The SMILES string of the molecule is CCOC(=O)CN(C)S(=O)(=O)c1cccc2ncccc12. The molecule has 1 aromatic heterocycles. The molecular formula is C14H16N2O4S. The first kappa shape index (κ1) is 15.4. The molecule has 2 aromatic rings. The fraction of sp³-hybridized carbons (Fsp3) is 0.286. The van der Waals surface area contributed by atoms with Crippen molar-refractivity contribution in [1.29, 1.82) is 0 Å². The Bertz CT molecular complexity index is 753. The maximum atomic E-state index is 12.6. The van der Waals surface area contributed by atoms with Gasteiger partial charge in [0.1, 0.15) is 6.54 Å². The third kappa shape index (κ3) is 3.20. The summed E-state index contributed by atoms with van der Waals surface area (Å²) in [6.45, 7) is 1.56. The summed E-state index contributed by atoms with van der Waals surface area (Å²) in [4.78, 5) is 15.7. The summed E-state index contributed by atoms with van der Waals surface area (Å²) < 4.78 is 30.9. The number of pyridine rings is 1. The van der Waals surface area contributed by atoms with Crippen LogP contribution >= 0.6 is 0 Å². The van der Waals surface area contributed by atoms with Crippen LogP contribution in [0.25, 0.3) is 10.9 Å². The number of hydrogen-bond donors (Lipinski definition) is 0. The van der Waals surface area contributed by atoms with Crippen molar-refractivity contribution >= 4 is 26.9 Å². The number of carbonyl (C=O) groups is 1. The topological polar surface area (TPSA) is 76.6 Å². The van der Waals surface area contributed by atoms with E-state index in [1.807, 2.05) is 0 Å². The normalized spacial score (nSPS) is 11.8. The molecule has 2 rings (SSSR count). The van der Waals surface area contributed by atoms with Crippen LogP contribution in [0.3, 0.4) is 0 Å². The van der Waals surface area contributed by atoms with Gasteiger partial charge < -0.3 is 4.74 Å². The summed E-state index contributed by atoms with van der Waals surface area (Å²) in [5.41, 5.74) is 0.586. The van der Waals surface area contributed by atoms with Gasteiger partial charge in [-0.05, 0) is 31.2 Å². The highest BCUT2D eigenvalue weighted by Gasteiger charge is 2.25. The van der Waals surface area contributed by atoms with Gasteiger partial charge >= 0.3 is 5.97 Å². The van der Waals surface area contributed by atoms with Crippen LogP contribution in [0.2, 0.25) is 0 Å². The van der Waals surface area contributed by atoms with Gasteiger partial charge in [-0.1, -0.05) is 6.07 Å². The number of sulfonamides is 1. The van der Waals surface area contributed by atoms with E-state index in [9.17, 15) is 13.2 Å². The largest absolute Gasteiger partial charge is 0.465 e. The number of ether oxygens (including phenoxy) is 1. The molecule has 0 N–H and O–H groups in total. The highest BCUT2D eigenvalue weighted by atomic mass is 32.2. The summed E-state index contributed by atoms with van der Waals surface area (Å²) >= 11 is 0. The third-order valence-corrected chi connectivity index (χ3v) is 4.81. The molecule has 21 heavy (non-hydrogen) atoms. The van der Waals surface area contributed by atoms with Crippen LogP contribution in [0, 0.1) is 0 Å². The minimum atomic E-state index is -3.79. The highest BCUT2D eigenvalue weighted by molar-refractivity contribution is 7.89. The Morgan fingerprint density at radius 1 is 1.29 bits per heavy atom. The molecule has 0 atom stereocenters. The lowest BCUT2D eigenvalue weighted by molar-refractivity contribution is -0.143. The van der Waals surface area contributed by atoms with Crippen molar-refractivity contribution in [3.63, 3.8) is 0 Å². The van der Waals surface area contributed by atoms with Gasteiger partial charge in [0.15, 0.2) is 0 Å². The maximum absolute atomic E-state index is 12.6. The number of aromatic nitrogens is 1. The number of hydrogen-bond acceptors (Lipinski definition) is 5. The molecule has 0 saturated carbocycles. The van der Waals surface area contributed by atoms with Crippen LogP contribution < -0.4 is 0 Å². The monoisotopic (exact) mass is 308 g/mol. The quantitative estimate of drug-likeness (QED) is 0.781. The van der Waals surface area contributed by atoms with Gasteiger partial charge in [0.05, 0.1) is 17.0 Å². The standard InChI is InChI=1S/C14H16N2O4S/c1-3-20-14(17)10-16(2)21(18,19)13-8-4-7-12-11(13)6-5-9-15-12/h4-9H,3,10H2,1-2H3. The number of carbonyl (C=O) groups excluding carboxylic acids is 1. The molecule has 0 saturated heterocycles. The van der Waals surface area contributed by atoms with Crippen LogP contribution in [0.4, 0.5) is 0 Å². The van der Waals surface area contributed by atoms with E-state index in [-0.39, 0.29) is 18.0 Å². The molecule has 1 aromatic carbocycles. The van der Waals surface area contributed by atoms with Gasteiger partial charge in [-0.15, -0.1) is 0 Å². The van der Waals surface area contributed by atoms with Gasteiger partial charge in [0.2, 0.25) is 10.0 Å². The van der Waals surface area contributed by atoms with E-state index in [2.05, 4.69) is 4.98 Å². The molecule has 6 nitrogen and oxygen atoms in total. The maximum Gasteiger partial charge on any atom is 0.321 e. The fourth-order valence-corrected chi connectivity index (χ4v) is 3.25. The third-order valence-electron chi connectivity index (χ3n) is 2.95. The fourth-order valence-electron chi connectivity index (χ4n) is 1.94. The first-order valence-electron chi connectivity index (χ1n) is 6.42. The zero-order valence-corrected chi connectivity index (χ0v) is 12.6. The zero-order chi connectivity index (χ0) is 15.5. The molecular weight excluding hydrogens is 292 g/mol. The minimum Gasteiger partial charge on any atom is -0.465 e. The molecule has 0 aliphatic carbocycles. The van der Waals surface area contributed by atoms with Crippen molar-refractivity contribution in [2.24, 2.45) is 0 Å². The van der Waals surface area contributed by atoms with Crippen molar-refractivity contribution in [3.05, 3.63) is 36.5 Å². The lowest BCUT2D eigenvalue weighted by Gasteiger charge is -2.17. The van der Waals surface area contributed by atoms with E-state index in [0.717, 1.165) is 4.31 Å². The lowest BCUT2D eigenvalue weighted by atomic mass is 10.2. The predicted molar refractivity (Wildman–Crippen MR) is 78.2 cm³/mol. The molecule has 0 fully saturated rings. The van der Waals surface area contributed by atoms with E-state index >= 15 is 0 Å². The van der Waals surface area contributed by atoms with E-state index in [0.29, 0.717) is 10.9 Å². The van der Waals surface area contributed by atoms with Crippen molar-refractivity contribution in [1.82, 2.24) is 9.29 Å². The Labute approximate surface area is 123 Å². The molecule has 0 bridgehead atoms. The summed E-state index contributed by atoms with van der Waals surface area (Å²) in [6, 6.07) is 8.22. The molecule has 7 heteroatoms. The molecule has 0 amide bonds. The highest BCUT2D eigenvalue weighted by Crippen LogP contribution is 2.23. The molecule has 0 unspecified atom stereocenters. The Kier molecular flexibility index (Phi) is 4.54. The number of nitrogens with zero attached hydrogens (tertiary/aromatic N) is 2. The molecule has 1 heterocycles. The molecule has 112 valence electrons. The van der Waals surface area contributed by atoms with Crippen molar-refractivity contribution in [2.75, 3.05) is 20.2 Å². The van der Waals surface area contributed by atoms with Gasteiger partial charge in [-0.3, -0.25) is 9.78 Å². The minimum absolute atomic E-state index is 0.125. The Hall–Kier alpha value is -1.99. The molecule has 0 radical (unpaired) electrons. The van der Waals surface area contributed by atoms with Crippen LogP contribution in [-0.4, -0.2) is 43.9 Å². The van der Waals surface area contributed by atoms with E-state index in [1.165, 1.54) is 13.1 Å². The van der Waals surface area contributed by atoms with Gasteiger partial charge in [-0.25, -0.2) is 8.42 Å². The first-order chi connectivity index (χ1) is 9.96. The summed E-state index contributed by atoms with van der Waals surface area (Å²) in [7, 11) is -2.44. The zero-order valence-electron chi connectivity index (χ0n) is 11.8.